The molecule has 0 radical (unpaired) electrons. The highest BCUT2D eigenvalue weighted by Gasteiger charge is 2.25. The van der Waals surface area contributed by atoms with E-state index in [1.807, 2.05) is 0 Å². The van der Waals surface area contributed by atoms with Gasteiger partial charge in [-0.15, -0.1) is 0 Å². The number of nitrogens with one attached hydrogen (secondary N) is 1. The molecule has 18 heavy (non-hydrogen) atoms. The molecule has 1 N–H and O–H groups in total. The Morgan fingerprint density at radius 1 is 1.33 bits per heavy atom. The molecule has 1 aromatic rings. The van der Waals surface area contributed by atoms with Crippen molar-refractivity contribution in [2.45, 2.75) is 58.8 Å². The first-order valence-electron chi connectivity index (χ1n) is 7.22. The topological polar surface area (TPSA) is 37.8 Å². The van der Waals surface area contributed by atoms with Crippen LogP contribution in [0.2, 0.25) is 0 Å². The molecule has 3 nitrogen and oxygen atoms in total. The normalized spacial score (nSPS) is 23.6. The highest BCUT2D eigenvalue weighted by molar-refractivity contribution is 5.37. The highest BCUT2D eigenvalue weighted by Crippen LogP contribution is 2.37. The third-order valence-corrected chi connectivity index (χ3v) is 3.77. The lowest BCUT2D eigenvalue weighted by atomic mass is 10.0. The van der Waals surface area contributed by atoms with Crippen molar-refractivity contribution in [2.24, 2.45) is 5.92 Å². The van der Waals surface area contributed by atoms with Crippen molar-refractivity contribution in [1.82, 2.24) is 9.97 Å². The molecule has 1 saturated carbocycles. The second-order valence-electron chi connectivity index (χ2n) is 5.84. The maximum Gasteiger partial charge on any atom is 0.134 e. The number of hydrogen-bond donors (Lipinski definition) is 1. The molecule has 1 heterocycles. The largest absolute Gasteiger partial charge is 0.370 e. The van der Waals surface area contributed by atoms with E-state index in [0.29, 0.717) is 11.8 Å². The smallest absolute Gasteiger partial charge is 0.134 e. The Kier molecular flexibility index (Phi) is 4.20. The predicted molar refractivity (Wildman–Crippen MR) is 76.0 cm³/mol. The summed E-state index contributed by atoms with van der Waals surface area (Å²) in [5.41, 5.74) is 1.16. The van der Waals surface area contributed by atoms with Crippen LogP contribution in [0.25, 0.3) is 0 Å². The molecule has 100 valence electrons. The van der Waals surface area contributed by atoms with Crippen molar-refractivity contribution in [2.75, 3.05) is 11.9 Å². The van der Waals surface area contributed by atoms with Crippen LogP contribution in [-0.2, 0) is 0 Å². The summed E-state index contributed by atoms with van der Waals surface area (Å²) in [6.45, 7) is 9.74. The van der Waals surface area contributed by atoms with E-state index >= 15 is 0 Å². The highest BCUT2D eigenvalue weighted by atomic mass is 15.0. The molecule has 2 atom stereocenters. The maximum absolute atomic E-state index is 4.78. The van der Waals surface area contributed by atoms with Crippen LogP contribution in [0, 0.1) is 5.92 Å². The lowest BCUT2D eigenvalue weighted by Crippen LogP contribution is -2.09. The minimum atomic E-state index is 0.461. The Bertz CT molecular complexity index is 401. The van der Waals surface area contributed by atoms with Gasteiger partial charge in [-0.2, -0.15) is 0 Å². The zero-order valence-electron chi connectivity index (χ0n) is 12.0. The molecule has 1 fully saturated rings. The van der Waals surface area contributed by atoms with Crippen LogP contribution in [0.3, 0.4) is 0 Å². The van der Waals surface area contributed by atoms with Crippen LogP contribution < -0.4 is 5.32 Å². The van der Waals surface area contributed by atoms with Gasteiger partial charge in [0, 0.05) is 24.2 Å². The van der Waals surface area contributed by atoms with Crippen molar-refractivity contribution in [3.8, 4) is 0 Å². The van der Waals surface area contributed by atoms with Gasteiger partial charge in [-0.25, -0.2) is 9.97 Å². The average molecular weight is 247 g/mol. The summed E-state index contributed by atoms with van der Waals surface area (Å²) < 4.78 is 0. The molecule has 0 amide bonds. The zero-order valence-corrected chi connectivity index (χ0v) is 12.0. The molecule has 2 rings (SSSR count). The molecule has 0 aliphatic heterocycles. The van der Waals surface area contributed by atoms with Gasteiger partial charge in [-0.3, -0.25) is 0 Å². The first-order valence-corrected chi connectivity index (χ1v) is 7.22. The number of nitrogens with zero attached hydrogens (tertiary/aromatic N) is 2. The number of rotatable bonds is 4. The Hall–Kier alpha value is -1.12. The van der Waals surface area contributed by atoms with Gasteiger partial charge in [-0.05, 0) is 38.0 Å². The average Bonchev–Trinajstić information content (AvgIpc) is 2.76. The van der Waals surface area contributed by atoms with Crippen LogP contribution in [0.4, 0.5) is 5.82 Å². The molecule has 0 saturated heterocycles. The molecule has 1 aromatic heterocycles. The molecule has 0 spiro atoms. The quantitative estimate of drug-likeness (QED) is 0.876. The SMILES string of the molecule is CCNc1cc(C(C)C)nc(C2CCC(C)C2)n1. The summed E-state index contributed by atoms with van der Waals surface area (Å²) >= 11 is 0. The van der Waals surface area contributed by atoms with Crippen LogP contribution >= 0.6 is 0 Å². The van der Waals surface area contributed by atoms with Crippen molar-refractivity contribution in [1.29, 1.82) is 0 Å². The molecule has 1 aliphatic rings. The van der Waals surface area contributed by atoms with Crippen LogP contribution in [-0.4, -0.2) is 16.5 Å². The van der Waals surface area contributed by atoms with E-state index < -0.39 is 0 Å². The lowest BCUT2D eigenvalue weighted by molar-refractivity contribution is 0.582. The van der Waals surface area contributed by atoms with E-state index in [1.165, 1.54) is 19.3 Å². The first-order chi connectivity index (χ1) is 8.60. The molecule has 0 bridgehead atoms. The Balaban J connectivity index is 2.27. The van der Waals surface area contributed by atoms with Crippen molar-refractivity contribution in [3.05, 3.63) is 17.6 Å². The third kappa shape index (κ3) is 3.01. The first kappa shape index (κ1) is 13.3. The van der Waals surface area contributed by atoms with Gasteiger partial charge >= 0.3 is 0 Å². The molecule has 3 heteroatoms. The minimum absolute atomic E-state index is 0.461. The van der Waals surface area contributed by atoms with Gasteiger partial charge in [0.05, 0.1) is 0 Å². The fourth-order valence-electron chi connectivity index (χ4n) is 2.68. The minimum Gasteiger partial charge on any atom is -0.370 e. The van der Waals surface area contributed by atoms with Gasteiger partial charge in [0.15, 0.2) is 0 Å². The third-order valence-electron chi connectivity index (χ3n) is 3.77. The lowest BCUT2D eigenvalue weighted by Gasteiger charge is -2.14. The summed E-state index contributed by atoms with van der Waals surface area (Å²) in [6, 6.07) is 2.09. The molecule has 2 unspecified atom stereocenters. The fraction of sp³-hybridized carbons (Fsp3) is 0.733. The van der Waals surface area contributed by atoms with E-state index in [2.05, 4.69) is 39.1 Å². The van der Waals surface area contributed by atoms with Crippen LogP contribution in [0.1, 0.15) is 70.3 Å². The second kappa shape index (κ2) is 5.68. The van der Waals surface area contributed by atoms with Gasteiger partial charge in [0.25, 0.3) is 0 Å². The predicted octanol–water partition coefficient (Wildman–Crippen LogP) is 3.94. The summed E-state index contributed by atoms with van der Waals surface area (Å²) in [5, 5.41) is 3.33. The van der Waals surface area contributed by atoms with Gasteiger partial charge in [0.2, 0.25) is 0 Å². The van der Waals surface area contributed by atoms with Crippen molar-refractivity contribution in [3.63, 3.8) is 0 Å². The number of anilines is 1. The molecular weight excluding hydrogens is 222 g/mol. The van der Waals surface area contributed by atoms with Crippen molar-refractivity contribution < 1.29 is 0 Å². The van der Waals surface area contributed by atoms with Crippen molar-refractivity contribution >= 4 is 5.82 Å². The standard InChI is InChI=1S/C15H25N3/c1-5-16-14-9-13(10(2)3)17-15(18-14)12-7-6-11(4)8-12/h9-12H,5-8H2,1-4H3,(H,16,17,18). The number of hydrogen-bond acceptors (Lipinski definition) is 3. The number of aromatic nitrogens is 2. The Labute approximate surface area is 110 Å². The fourth-order valence-corrected chi connectivity index (χ4v) is 2.68. The molecule has 1 aliphatic carbocycles. The molecular formula is C15H25N3. The van der Waals surface area contributed by atoms with E-state index in [9.17, 15) is 0 Å². The van der Waals surface area contributed by atoms with E-state index in [4.69, 9.17) is 9.97 Å². The Morgan fingerprint density at radius 2 is 2.11 bits per heavy atom. The summed E-state index contributed by atoms with van der Waals surface area (Å²) in [6.07, 6.45) is 3.80. The van der Waals surface area contributed by atoms with E-state index in [1.54, 1.807) is 0 Å². The summed E-state index contributed by atoms with van der Waals surface area (Å²) in [7, 11) is 0. The maximum atomic E-state index is 4.78. The second-order valence-corrected chi connectivity index (χ2v) is 5.84. The van der Waals surface area contributed by atoms with E-state index in [-0.39, 0.29) is 0 Å². The van der Waals surface area contributed by atoms with Gasteiger partial charge in [-0.1, -0.05) is 20.8 Å². The summed E-state index contributed by atoms with van der Waals surface area (Å²) in [5.74, 6) is 3.90. The Morgan fingerprint density at radius 3 is 2.67 bits per heavy atom. The van der Waals surface area contributed by atoms with Gasteiger partial charge in [0.1, 0.15) is 11.6 Å². The van der Waals surface area contributed by atoms with E-state index in [0.717, 1.165) is 29.8 Å². The van der Waals surface area contributed by atoms with Gasteiger partial charge < -0.3 is 5.32 Å². The van der Waals surface area contributed by atoms with Crippen LogP contribution in [0.5, 0.6) is 0 Å². The van der Waals surface area contributed by atoms with Crippen LogP contribution in [0.15, 0.2) is 6.07 Å². The monoisotopic (exact) mass is 247 g/mol. The zero-order chi connectivity index (χ0) is 13.1. The molecule has 0 aromatic carbocycles. The summed E-state index contributed by atoms with van der Waals surface area (Å²) in [4.78, 5) is 9.48.